The van der Waals surface area contributed by atoms with E-state index >= 15 is 0 Å². The first-order chi connectivity index (χ1) is 34.2. The first-order valence-electron chi connectivity index (χ1n) is 23.0. The fraction of sp³-hybridized carbons (Fsp3) is 0. The number of aromatic nitrogens is 9. The van der Waals surface area contributed by atoms with Gasteiger partial charge in [0.2, 0.25) is 11.9 Å². The fourth-order valence-electron chi connectivity index (χ4n) is 10.1. The van der Waals surface area contributed by atoms with Gasteiger partial charge in [0.05, 0.1) is 33.1 Å². The van der Waals surface area contributed by atoms with E-state index in [9.17, 15) is 0 Å². The van der Waals surface area contributed by atoms with Gasteiger partial charge in [-0.25, -0.2) is 9.97 Å². The molecule has 14 aromatic rings. The number of fused-ring (bicyclic) bond motifs is 10. The van der Waals surface area contributed by atoms with Gasteiger partial charge in [-0.05, 0) is 42.5 Å². The van der Waals surface area contributed by atoms with E-state index in [-0.39, 0.29) is 0 Å². The third-order valence-electron chi connectivity index (χ3n) is 13.2. The Morgan fingerprint density at radius 1 is 0.232 bits per heavy atom. The van der Waals surface area contributed by atoms with Gasteiger partial charge in [0.25, 0.3) is 0 Å². The van der Waals surface area contributed by atoms with Crippen LogP contribution in [0.3, 0.4) is 0 Å². The minimum Gasteiger partial charge on any atom is -0.307 e. The third-order valence-corrected chi connectivity index (χ3v) is 13.2. The van der Waals surface area contributed by atoms with Crippen molar-refractivity contribution in [1.29, 1.82) is 0 Å². The number of nitrogens with zero attached hydrogens (tertiary/aromatic N) is 9. The molecule has 322 valence electrons. The molecule has 0 bridgehead atoms. The van der Waals surface area contributed by atoms with Gasteiger partial charge in [0.15, 0.2) is 23.3 Å². The molecule has 5 heterocycles. The Morgan fingerprint density at radius 2 is 0.565 bits per heavy atom. The van der Waals surface area contributed by atoms with Crippen LogP contribution in [0.4, 0.5) is 0 Å². The van der Waals surface area contributed by atoms with Crippen LogP contribution in [0.2, 0.25) is 0 Å². The van der Waals surface area contributed by atoms with Crippen LogP contribution in [-0.2, 0) is 0 Å². The predicted molar refractivity (Wildman–Crippen MR) is 278 cm³/mol. The summed E-state index contributed by atoms with van der Waals surface area (Å²) in [6.45, 7) is 0. The average Bonchev–Trinajstić information content (AvgIpc) is 4.07. The number of rotatable bonds is 7. The van der Waals surface area contributed by atoms with E-state index < -0.39 is 0 Å². The number of benzene rings is 9. The zero-order chi connectivity index (χ0) is 45.4. The Kier molecular flexibility index (Phi) is 8.68. The first-order valence-corrected chi connectivity index (χ1v) is 23.0. The van der Waals surface area contributed by atoms with Gasteiger partial charge in [-0.15, -0.1) is 0 Å². The molecule has 0 radical (unpaired) electrons. The lowest BCUT2D eigenvalue weighted by molar-refractivity contribution is 0.951. The van der Waals surface area contributed by atoms with Crippen LogP contribution in [0, 0.1) is 0 Å². The third kappa shape index (κ3) is 6.18. The molecule has 14 rings (SSSR count). The second-order valence-corrected chi connectivity index (χ2v) is 17.1. The molecule has 0 fully saturated rings. The van der Waals surface area contributed by atoms with Gasteiger partial charge < -0.3 is 4.57 Å². The molecule has 9 nitrogen and oxygen atoms in total. The average molecular weight is 884 g/mol. The van der Waals surface area contributed by atoms with E-state index in [1.807, 2.05) is 78.9 Å². The van der Waals surface area contributed by atoms with Crippen LogP contribution in [0.15, 0.2) is 224 Å². The van der Waals surface area contributed by atoms with Crippen molar-refractivity contribution in [3.8, 4) is 63.1 Å². The molecule has 0 aliphatic rings. The van der Waals surface area contributed by atoms with Crippen molar-refractivity contribution in [2.45, 2.75) is 0 Å². The molecule has 0 N–H and O–H groups in total. The summed E-state index contributed by atoms with van der Waals surface area (Å²) in [7, 11) is 0. The van der Waals surface area contributed by atoms with Crippen LogP contribution >= 0.6 is 0 Å². The standard InChI is InChI=1S/C60H37N9/c1-4-19-38(20-5-1)55-61-57(65-59(63-55)68-50-32-15-10-27-43(50)44-28-11-16-33-51(44)68)40-23-18-24-41(37-40)58-62-56(39-21-6-2-7-22-39)64-60(66-58)69-52-34-17-13-30-46(52)48-36-35-47-45-29-12-14-31-49(45)67(53(47)54(48)69)42-25-8-3-9-26-42/h1-37H. The van der Waals surface area contributed by atoms with Crippen molar-refractivity contribution >= 4 is 65.4 Å². The first kappa shape index (κ1) is 38.6. The van der Waals surface area contributed by atoms with E-state index in [2.05, 4.69) is 159 Å². The van der Waals surface area contributed by atoms with E-state index in [0.29, 0.717) is 35.2 Å². The van der Waals surface area contributed by atoms with Gasteiger partial charge in [0.1, 0.15) is 0 Å². The summed E-state index contributed by atoms with van der Waals surface area (Å²) in [6.07, 6.45) is 0. The Bertz CT molecular complexity index is 4250. The fourth-order valence-corrected chi connectivity index (χ4v) is 10.1. The smallest absolute Gasteiger partial charge is 0.238 e. The maximum absolute atomic E-state index is 5.44. The molecule has 0 aliphatic heterocycles. The van der Waals surface area contributed by atoms with Crippen molar-refractivity contribution < 1.29 is 0 Å². The van der Waals surface area contributed by atoms with Gasteiger partial charge in [-0.3, -0.25) is 9.13 Å². The topological polar surface area (TPSA) is 92.1 Å². The molecule has 0 spiro atoms. The lowest BCUT2D eigenvalue weighted by atomic mass is 10.1. The highest BCUT2D eigenvalue weighted by atomic mass is 15.2. The summed E-state index contributed by atoms with van der Waals surface area (Å²) in [4.78, 5) is 31.6. The highest BCUT2D eigenvalue weighted by Crippen LogP contribution is 2.42. The molecule has 0 saturated heterocycles. The summed E-state index contributed by atoms with van der Waals surface area (Å²) in [5, 5.41) is 6.78. The van der Waals surface area contributed by atoms with Crippen molar-refractivity contribution in [3.63, 3.8) is 0 Å². The maximum atomic E-state index is 5.44. The van der Waals surface area contributed by atoms with Crippen LogP contribution < -0.4 is 0 Å². The van der Waals surface area contributed by atoms with Crippen molar-refractivity contribution in [2.75, 3.05) is 0 Å². The van der Waals surface area contributed by atoms with E-state index in [1.54, 1.807) is 0 Å². The zero-order valence-corrected chi connectivity index (χ0v) is 36.9. The van der Waals surface area contributed by atoms with E-state index in [0.717, 1.165) is 88.0 Å². The second-order valence-electron chi connectivity index (χ2n) is 17.1. The highest BCUT2D eigenvalue weighted by molar-refractivity contribution is 6.23. The van der Waals surface area contributed by atoms with Crippen molar-refractivity contribution in [3.05, 3.63) is 224 Å². The molecular formula is C60H37N9. The Balaban J connectivity index is 1.01. The molecular weight excluding hydrogens is 847 g/mol. The molecule has 69 heavy (non-hydrogen) atoms. The van der Waals surface area contributed by atoms with Crippen molar-refractivity contribution in [2.24, 2.45) is 0 Å². The van der Waals surface area contributed by atoms with Crippen LogP contribution in [0.5, 0.6) is 0 Å². The van der Waals surface area contributed by atoms with Crippen LogP contribution in [0.25, 0.3) is 129 Å². The Labute approximate surface area is 394 Å². The minimum atomic E-state index is 0.507. The molecule has 0 amide bonds. The molecule has 0 atom stereocenters. The Morgan fingerprint density at radius 3 is 1.04 bits per heavy atom. The van der Waals surface area contributed by atoms with E-state index in [4.69, 9.17) is 29.9 Å². The summed E-state index contributed by atoms with van der Waals surface area (Å²) in [5.74, 6) is 3.21. The lowest BCUT2D eigenvalue weighted by Gasteiger charge is -2.14. The normalized spacial score (nSPS) is 11.8. The molecule has 9 aromatic carbocycles. The summed E-state index contributed by atoms with van der Waals surface area (Å²) in [6, 6.07) is 77.4. The van der Waals surface area contributed by atoms with E-state index in [1.165, 1.54) is 5.39 Å². The second kappa shape index (κ2) is 15.5. The van der Waals surface area contributed by atoms with Gasteiger partial charge in [-0.2, -0.15) is 19.9 Å². The molecule has 9 heteroatoms. The molecule has 5 aromatic heterocycles. The highest BCUT2D eigenvalue weighted by Gasteiger charge is 2.24. The quantitative estimate of drug-likeness (QED) is 0.158. The van der Waals surface area contributed by atoms with Gasteiger partial charge in [-0.1, -0.05) is 182 Å². The largest absolute Gasteiger partial charge is 0.307 e. The van der Waals surface area contributed by atoms with Gasteiger partial charge in [0, 0.05) is 60.3 Å². The predicted octanol–water partition coefficient (Wildman–Crippen LogP) is 14.0. The zero-order valence-electron chi connectivity index (χ0n) is 36.9. The summed E-state index contributed by atoms with van der Waals surface area (Å²) in [5.41, 5.74) is 10.6. The molecule has 0 unspecified atom stereocenters. The monoisotopic (exact) mass is 883 g/mol. The number of para-hydroxylation sites is 5. The number of hydrogen-bond acceptors (Lipinski definition) is 6. The lowest BCUT2D eigenvalue weighted by Crippen LogP contribution is -2.07. The summed E-state index contributed by atoms with van der Waals surface area (Å²) >= 11 is 0. The summed E-state index contributed by atoms with van der Waals surface area (Å²) < 4.78 is 6.73. The SMILES string of the molecule is c1ccc(-c2nc(-c3cccc(-c4nc(-c5ccccc5)nc(-n5c6ccccc6c6ccc7c8ccccc8n(-c8ccccc8)c7c65)n4)c3)nc(-n3c4ccccc4c4ccccc43)n2)cc1. The molecule has 0 saturated carbocycles. The minimum absolute atomic E-state index is 0.507. The number of hydrogen-bond donors (Lipinski definition) is 0. The van der Waals surface area contributed by atoms with Gasteiger partial charge >= 0.3 is 0 Å². The van der Waals surface area contributed by atoms with Crippen LogP contribution in [0.1, 0.15) is 0 Å². The van der Waals surface area contributed by atoms with Crippen LogP contribution in [-0.4, -0.2) is 43.6 Å². The molecule has 0 aliphatic carbocycles. The van der Waals surface area contributed by atoms with Crippen molar-refractivity contribution in [1.82, 2.24) is 43.6 Å². The maximum Gasteiger partial charge on any atom is 0.238 e. The Hall–Kier alpha value is -9.60.